The lowest BCUT2D eigenvalue weighted by Gasteiger charge is -2.03. The zero-order chi connectivity index (χ0) is 12.5. The highest BCUT2D eigenvalue weighted by atomic mass is 32.2. The number of rotatable bonds is 8. The summed E-state index contributed by atoms with van der Waals surface area (Å²) >= 11 is 3.31. The molecule has 96 valence electrons. The van der Waals surface area contributed by atoms with E-state index in [-0.39, 0.29) is 0 Å². The molecule has 1 aromatic rings. The Kier molecular flexibility index (Phi) is 7.35. The molecule has 0 aliphatic carbocycles. The highest BCUT2D eigenvalue weighted by molar-refractivity contribution is 7.99. The third-order valence-corrected chi connectivity index (χ3v) is 3.94. The number of nitrogen functional groups attached to an aromatic ring is 1. The third kappa shape index (κ3) is 6.12. The first-order chi connectivity index (χ1) is 8.26. The van der Waals surface area contributed by atoms with Crippen LogP contribution in [0.5, 0.6) is 0 Å². The Balaban J connectivity index is 2.53. The Morgan fingerprint density at radius 1 is 0.882 bits per heavy atom. The van der Waals surface area contributed by atoms with Crippen LogP contribution in [0.4, 0.5) is 5.95 Å². The number of thioether (sulfide) groups is 2. The fourth-order valence-electron chi connectivity index (χ4n) is 1.10. The number of unbranched alkanes of at least 4 members (excludes halogenated alkanes) is 2. The van der Waals surface area contributed by atoms with Crippen molar-refractivity contribution < 1.29 is 0 Å². The molecule has 0 atom stereocenters. The van der Waals surface area contributed by atoms with Gasteiger partial charge in [0.1, 0.15) is 0 Å². The summed E-state index contributed by atoms with van der Waals surface area (Å²) in [6.07, 6.45) is 4.72. The lowest BCUT2D eigenvalue weighted by atomic mass is 10.4. The molecule has 0 unspecified atom stereocenters. The third-order valence-electron chi connectivity index (χ3n) is 2.07. The molecule has 0 saturated carbocycles. The van der Waals surface area contributed by atoms with Gasteiger partial charge in [0.25, 0.3) is 0 Å². The zero-order valence-corrected chi connectivity index (χ0v) is 12.1. The molecule has 0 fully saturated rings. The normalized spacial score (nSPS) is 10.7. The first-order valence-corrected chi connectivity index (χ1v) is 8.00. The summed E-state index contributed by atoms with van der Waals surface area (Å²) < 4.78 is 0. The number of anilines is 1. The molecular weight excluding hydrogens is 252 g/mol. The lowest BCUT2D eigenvalue weighted by molar-refractivity contribution is 0.806. The second-order valence-corrected chi connectivity index (χ2v) is 5.79. The van der Waals surface area contributed by atoms with Gasteiger partial charge in [-0.05, 0) is 12.8 Å². The van der Waals surface area contributed by atoms with Crippen LogP contribution in [0.25, 0.3) is 0 Å². The van der Waals surface area contributed by atoms with Crippen molar-refractivity contribution in [2.45, 2.75) is 49.8 Å². The molecule has 0 bridgehead atoms. The average Bonchev–Trinajstić information content (AvgIpc) is 2.29. The molecule has 6 heteroatoms. The molecule has 2 N–H and O–H groups in total. The number of nitrogens with two attached hydrogens (primary N) is 1. The van der Waals surface area contributed by atoms with Crippen molar-refractivity contribution in [3.63, 3.8) is 0 Å². The van der Waals surface area contributed by atoms with E-state index in [1.807, 2.05) is 0 Å². The molecule has 0 aromatic carbocycles. The van der Waals surface area contributed by atoms with Gasteiger partial charge in [0.15, 0.2) is 10.3 Å². The van der Waals surface area contributed by atoms with Gasteiger partial charge in [0, 0.05) is 11.5 Å². The van der Waals surface area contributed by atoms with Crippen molar-refractivity contribution >= 4 is 29.5 Å². The maximum atomic E-state index is 5.68. The van der Waals surface area contributed by atoms with Crippen molar-refractivity contribution in [3.8, 4) is 0 Å². The highest BCUT2D eigenvalue weighted by Gasteiger charge is 2.05. The summed E-state index contributed by atoms with van der Waals surface area (Å²) in [4.78, 5) is 12.7. The van der Waals surface area contributed by atoms with Crippen LogP contribution in [0, 0.1) is 0 Å². The predicted octanol–water partition coefficient (Wildman–Crippen LogP) is 3.24. The van der Waals surface area contributed by atoms with Gasteiger partial charge < -0.3 is 5.73 Å². The van der Waals surface area contributed by atoms with Gasteiger partial charge in [-0.15, -0.1) is 0 Å². The Hall–Kier alpha value is -0.490. The van der Waals surface area contributed by atoms with Crippen LogP contribution in [0.15, 0.2) is 10.3 Å². The Morgan fingerprint density at radius 2 is 1.35 bits per heavy atom. The van der Waals surface area contributed by atoms with Crippen molar-refractivity contribution in [3.05, 3.63) is 0 Å². The Morgan fingerprint density at radius 3 is 1.76 bits per heavy atom. The second kappa shape index (κ2) is 8.58. The molecule has 0 radical (unpaired) electrons. The summed E-state index contributed by atoms with van der Waals surface area (Å²) in [5.41, 5.74) is 5.68. The van der Waals surface area contributed by atoms with Gasteiger partial charge in [0.2, 0.25) is 5.95 Å². The monoisotopic (exact) mass is 272 g/mol. The molecule has 0 aliphatic rings. The van der Waals surface area contributed by atoms with Crippen LogP contribution in [0.2, 0.25) is 0 Å². The van der Waals surface area contributed by atoms with Gasteiger partial charge in [0.05, 0.1) is 0 Å². The molecule has 17 heavy (non-hydrogen) atoms. The van der Waals surface area contributed by atoms with Crippen LogP contribution in [0.1, 0.15) is 39.5 Å². The van der Waals surface area contributed by atoms with E-state index >= 15 is 0 Å². The number of hydrogen-bond acceptors (Lipinski definition) is 6. The van der Waals surface area contributed by atoms with Crippen LogP contribution in [0.3, 0.4) is 0 Å². The molecule has 1 heterocycles. The maximum absolute atomic E-state index is 5.68. The SMILES string of the molecule is CCCCSc1nc(N)nc(SCCCC)n1. The molecule has 0 amide bonds. The number of nitrogens with zero attached hydrogens (tertiary/aromatic N) is 3. The first-order valence-electron chi connectivity index (χ1n) is 6.03. The van der Waals surface area contributed by atoms with Crippen molar-refractivity contribution in [1.82, 2.24) is 15.0 Å². The van der Waals surface area contributed by atoms with Gasteiger partial charge in [-0.25, -0.2) is 0 Å². The van der Waals surface area contributed by atoms with E-state index in [1.54, 1.807) is 23.5 Å². The summed E-state index contributed by atoms with van der Waals surface area (Å²) in [7, 11) is 0. The van der Waals surface area contributed by atoms with E-state index in [0.717, 1.165) is 21.8 Å². The standard InChI is InChI=1S/C11H20N4S2/c1-3-5-7-16-10-13-9(12)14-11(15-10)17-8-6-4-2/h3-8H2,1-2H3,(H2,12,13,14,15). The summed E-state index contributed by atoms with van der Waals surface area (Å²) in [6, 6.07) is 0. The summed E-state index contributed by atoms with van der Waals surface area (Å²) in [5, 5.41) is 1.51. The highest BCUT2D eigenvalue weighted by Crippen LogP contribution is 2.20. The van der Waals surface area contributed by atoms with Gasteiger partial charge >= 0.3 is 0 Å². The fourth-order valence-corrected chi connectivity index (χ4v) is 3.00. The van der Waals surface area contributed by atoms with Crippen LogP contribution >= 0.6 is 23.5 Å². The predicted molar refractivity (Wildman–Crippen MR) is 75.5 cm³/mol. The number of hydrogen-bond donors (Lipinski definition) is 1. The van der Waals surface area contributed by atoms with E-state index in [4.69, 9.17) is 5.73 Å². The first kappa shape index (κ1) is 14.6. The minimum Gasteiger partial charge on any atom is -0.368 e. The van der Waals surface area contributed by atoms with Crippen molar-refractivity contribution in [2.24, 2.45) is 0 Å². The van der Waals surface area contributed by atoms with E-state index in [0.29, 0.717) is 5.95 Å². The van der Waals surface area contributed by atoms with Crippen molar-refractivity contribution in [2.75, 3.05) is 17.2 Å². The molecule has 0 spiro atoms. The molecule has 1 rings (SSSR count). The number of aromatic nitrogens is 3. The molecule has 4 nitrogen and oxygen atoms in total. The van der Waals surface area contributed by atoms with Crippen LogP contribution in [-0.2, 0) is 0 Å². The summed E-state index contributed by atoms with van der Waals surface area (Å²) in [5.74, 6) is 2.41. The Bertz CT molecular complexity index is 305. The quantitative estimate of drug-likeness (QED) is 0.579. The fraction of sp³-hybridized carbons (Fsp3) is 0.727. The molecule has 0 aliphatic heterocycles. The molecule has 0 saturated heterocycles. The van der Waals surface area contributed by atoms with Gasteiger partial charge in [-0.2, -0.15) is 15.0 Å². The maximum Gasteiger partial charge on any atom is 0.225 e. The smallest absolute Gasteiger partial charge is 0.225 e. The topological polar surface area (TPSA) is 64.7 Å². The minimum absolute atomic E-state index is 0.331. The van der Waals surface area contributed by atoms with E-state index < -0.39 is 0 Å². The van der Waals surface area contributed by atoms with Gasteiger partial charge in [-0.1, -0.05) is 50.2 Å². The summed E-state index contributed by atoms with van der Waals surface area (Å²) in [6.45, 7) is 4.35. The van der Waals surface area contributed by atoms with Crippen molar-refractivity contribution in [1.29, 1.82) is 0 Å². The minimum atomic E-state index is 0.331. The largest absolute Gasteiger partial charge is 0.368 e. The molecular formula is C11H20N4S2. The van der Waals surface area contributed by atoms with E-state index in [2.05, 4.69) is 28.8 Å². The van der Waals surface area contributed by atoms with E-state index in [1.165, 1.54) is 25.7 Å². The van der Waals surface area contributed by atoms with Crippen LogP contribution < -0.4 is 5.73 Å². The Labute approximate surface area is 112 Å². The van der Waals surface area contributed by atoms with Crippen LogP contribution in [-0.4, -0.2) is 26.5 Å². The van der Waals surface area contributed by atoms with Gasteiger partial charge in [-0.3, -0.25) is 0 Å². The average molecular weight is 272 g/mol. The zero-order valence-electron chi connectivity index (χ0n) is 10.5. The lowest BCUT2D eigenvalue weighted by Crippen LogP contribution is -2.01. The van der Waals surface area contributed by atoms with E-state index in [9.17, 15) is 0 Å². The second-order valence-electron chi connectivity index (χ2n) is 3.66. The molecule has 1 aromatic heterocycles.